The van der Waals surface area contributed by atoms with Gasteiger partial charge in [-0.05, 0) is 12.1 Å². The summed E-state index contributed by atoms with van der Waals surface area (Å²) in [5.74, 6) is 0.618. The van der Waals surface area contributed by atoms with E-state index in [1.54, 1.807) is 12.1 Å². The number of rotatable bonds is 2. The number of methoxy groups -OCH3 is 1. The van der Waals surface area contributed by atoms with Crippen molar-refractivity contribution in [3.8, 4) is 22.9 Å². The smallest absolute Gasteiger partial charge is 0.145 e. The number of pyridine rings is 1. The maximum absolute atomic E-state index is 9.55. The maximum Gasteiger partial charge on any atom is 0.145 e. The van der Waals surface area contributed by atoms with Crippen molar-refractivity contribution in [1.82, 2.24) is 4.98 Å². The fourth-order valence-corrected chi connectivity index (χ4v) is 3.33. The molecule has 0 fully saturated rings. The quantitative estimate of drug-likeness (QED) is 0.895. The highest BCUT2D eigenvalue weighted by Crippen LogP contribution is 2.43. The first kappa shape index (κ1) is 15.9. The van der Waals surface area contributed by atoms with Gasteiger partial charge in [0.15, 0.2) is 0 Å². The summed E-state index contributed by atoms with van der Waals surface area (Å²) in [7, 11) is 1.51. The molecule has 0 spiro atoms. The number of ether oxygens (including phenoxy) is 2. The van der Waals surface area contributed by atoms with Gasteiger partial charge >= 0.3 is 0 Å². The van der Waals surface area contributed by atoms with Gasteiger partial charge in [0.05, 0.1) is 31.0 Å². The Bertz CT molecular complexity index is 831. The standard InChI is InChI=1S/C16H13Cl2N3O2/c1-22-15-9(4-8(17)5-12(15)18)14-10(6-19)16(20)21-13-2-3-23-7-11(13)14/h4-5H,2-3,7H2,1H3,(H2,20,21). The molecular formula is C16H13Cl2N3O2. The van der Waals surface area contributed by atoms with Gasteiger partial charge in [0, 0.05) is 28.1 Å². The van der Waals surface area contributed by atoms with Crippen molar-refractivity contribution in [3.05, 3.63) is 39.0 Å². The number of aromatic nitrogens is 1. The summed E-state index contributed by atoms with van der Waals surface area (Å²) in [5, 5.41) is 10.3. The zero-order valence-corrected chi connectivity index (χ0v) is 13.8. The van der Waals surface area contributed by atoms with Gasteiger partial charge in [0.2, 0.25) is 0 Å². The lowest BCUT2D eigenvalue weighted by Gasteiger charge is -2.22. The lowest BCUT2D eigenvalue weighted by atomic mass is 9.92. The number of nitrogens with two attached hydrogens (primary N) is 1. The third kappa shape index (κ3) is 2.70. The van der Waals surface area contributed by atoms with Crippen molar-refractivity contribution in [3.63, 3.8) is 0 Å². The summed E-state index contributed by atoms with van der Waals surface area (Å²) in [4.78, 5) is 4.34. The van der Waals surface area contributed by atoms with Crippen molar-refractivity contribution in [1.29, 1.82) is 5.26 Å². The number of nitrogen functional groups attached to an aromatic ring is 1. The molecule has 0 radical (unpaired) electrons. The van der Waals surface area contributed by atoms with Crippen LogP contribution in [0.25, 0.3) is 11.1 Å². The SMILES string of the molecule is COc1c(Cl)cc(Cl)cc1-c1c(C#N)c(N)nc2c1COCC2. The van der Waals surface area contributed by atoms with Crippen LogP contribution >= 0.6 is 23.2 Å². The zero-order valence-electron chi connectivity index (χ0n) is 12.3. The molecule has 1 aromatic carbocycles. The minimum Gasteiger partial charge on any atom is -0.495 e. The molecule has 0 atom stereocenters. The number of hydrogen-bond acceptors (Lipinski definition) is 5. The van der Waals surface area contributed by atoms with Crippen molar-refractivity contribution < 1.29 is 9.47 Å². The van der Waals surface area contributed by atoms with Crippen LogP contribution in [0.15, 0.2) is 12.1 Å². The van der Waals surface area contributed by atoms with Gasteiger partial charge < -0.3 is 15.2 Å². The average Bonchev–Trinajstić information content (AvgIpc) is 2.52. The summed E-state index contributed by atoms with van der Waals surface area (Å²) in [6, 6.07) is 5.41. The number of anilines is 1. The third-order valence-corrected chi connectivity index (χ3v) is 4.23. The normalized spacial score (nSPS) is 13.3. The Hall–Kier alpha value is -2.00. The van der Waals surface area contributed by atoms with E-state index in [4.69, 9.17) is 38.4 Å². The number of benzene rings is 1. The molecule has 2 N–H and O–H groups in total. The molecule has 0 saturated heterocycles. The average molecular weight is 350 g/mol. The molecule has 0 unspecified atom stereocenters. The van der Waals surface area contributed by atoms with E-state index in [1.807, 2.05) is 0 Å². The summed E-state index contributed by atoms with van der Waals surface area (Å²) in [5.41, 5.74) is 9.12. The van der Waals surface area contributed by atoms with Crippen molar-refractivity contribution >= 4 is 29.0 Å². The molecular weight excluding hydrogens is 337 g/mol. The molecule has 1 aromatic heterocycles. The van der Waals surface area contributed by atoms with Gasteiger partial charge in [0.25, 0.3) is 0 Å². The first-order valence-corrected chi connectivity index (χ1v) is 7.64. The van der Waals surface area contributed by atoms with E-state index < -0.39 is 0 Å². The van der Waals surface area contributed by atoms with E-state index in [0.29, 0.717) is 46.6 Å². The summed E-state index contributed by atoms with van der Waals surface area (Å²) >= 11 is 12.4. The number of nitrogens with zero attached hydrogens (tertiary/aromatic N) is 2. The fraction of sp³-hybridized carbons (Fsp3) is 0.250. The molecule has 3 rings (SSSR count). The Morgan fingerprint density at radius 3 is 2.87 bits per heavy atom. The maximum atomic E-state index is 9.55. The highest BCUT2D eigenvalue weighted by molar-refractivity contribution is 6.36. The van der Waals surface area contributed by atoms with Crippen LogP contribution in [0.2, 0.25) is 10.0 Å². The first-order chi connectivity index (χ1) is 11.1. The largest absolute Gasteiger partial charge is 0.495 e. The van der Waals surface area contributed by atoms with Crippen molar-refractivity contribution in [2.45, 2.75) is 13.0 Å². The molecule has 7 heteroatoms. The lowest BCUT2D eigenvalue weighted by Crippen LogP contribution is -2.16. The lowest BCUT2D eigenvalue weighted by molar-refractivity contribution is 0.109. The molecule has 2 aromatic rings. The first-order valence-electron chi connectivity index (χ1n) is 6.89. The second kappa shape index (κ2) is 6.25. The van der Waals surface area contributed by atoms with Crippen molar-refractivity contribution in [2.24, 2.45) is 0 Å². The summed E-state index contributed by atoms with van der Waals surface area (Å²) in [6.45, 7) is 0.915. The van der Waals surface area contributed by atoms with Crippen LogP contribution in [0.4, 0.5) is 5.82 Å². The molecule has 0 saturated carbocycles. The predicted octanol–water partition coefficient (Wildman–Crippen LogP) is 3.59. The van der Waals surface area contributed by atoms with Gasteiger partial charge in [-0.3, -0.25) is 0 Å². The fourth-order valence-electron chi connectivity index (χ4n) is 2.76. The van der Waals surface area contributed by atoms with E-state index >= 15 is 0 Å². The van der Waals surface area contributed by atoms with Crippen LogP contribution in [0.3, 0.4) is 0 Å². The van der Waals surface area contributed by atoms with E-state index in [0.717, 1.165) is 11.3 Å². The molecule has 0 aliphatic carbocycles. The highest BCUT2D eigenvalue weighted by Gasteiger charge is 2.25. The minimum atomic E-state index is 0.182. The predicted molar refractivity (Wildman–Crippen MR) is 88.7 cm³/mol. The molecule has 0 amide bonds. The number of nitriles is 1. The van der Waals surface area contributed by atoms with Gasteiger partial charge in [-0.1, -0.05) is 23.2 Å². The number of fused-ring (bicyclic) bond motifs is 1. The molecule has 118 valence electrons. The molecule has 1 aliphatic rings. The van der Waals surface area contributed by atoms with E-state index in [-0.39, 0.29) is 11.4 Å². The Labute approximate surface area is 143 Å². The number of halogens is 2. The second-order valence-electron chi connectivity index (χ2n) is 5.06. The zero-order chi connectivity index (χ0) is 16.6. The Morgan fingerprint density at radius 1 is 1.39 bits per heavy atom. The van der Waals surface area contributed by atoms with Crippen LogP contribution in [0.5, 0.6) is 5.75 Å². The van der Waals surface area contributed by atoms with Crippen LogP contribution in [-0.2, 0) is 17.8 Å². The Morgan fingerprint density at radius 2 is 2.17 bits per heavy atom. The summed E-state index contributed by atoms with van der Waals surface area (Å²) < 4.78 is 10.9. The van der Waals surface area contributed by atoms with Gasteiger partial charge in [-0.2, -0.15) is 5.26 Å². The van der Waals surface area contributed by atoms with Crippen molar-refractivity contribution in [2.75, 3.05) is 19.5 Å². The number of hydrogen-bond donors (Lipinski definition) is 1. The topological polar surface area (TPSA) is 81.2 Å². The van der Waals surface area contributed by atoms with Crippen LogP contribution in [-0.4, -0.2) is 18.7 Å². The van der Waals surface area contributed by atoms with E-state index in [9.17, 15) is 5.26 Å². The molecule has 5 nitrogen and oxygen atoms in total. The van der Waals surface area contributed by atoms with Crippen LogP contribution < -0.4 is 10.5 Å². The van der Waals surface area contributed by atoms with Gasteiger partial charge in [-0.25, -0.2) is 4.98 Å². The molecule has 2 heterocycles. The van der Waals surface area contributed by atoms with E-state index in [1.165, 1.54) is 7.11 Å². The van der Waals surface area contributed by atoms with E-state index in [2.05, 4.69) is 11.1 Å². The summed E-state index contributed by atoms with van der Waals surface area (Å²) in [6.07, 6.45) is 0.634. The van der Waals surface area contributed by atoms with Crippen LogP contribution in [0.1, 0.15) is 16.8 Å². The molecule has 1 aliphatic heterocycles. The van der Waals surface area contributed by atoms with Gasteiger partial charge in [0.1, 0.15) is 23.2 Å². The minimum absolute atomic E-state index is 0.182. The Balaban J connectivity index is 2.41. The monoisotopic (exact) mass is 349 g/mol. The highest BCUT2D eigenvalue weighted by atomic mass is 35.5. The second-order valence-corrected chi connectivity index (χ2v) is 5.90. The third-order valence-electron chi connectivity index (χ3n) is 3.73. The van der Waals surface area contributed by atoms with Gasteiger partial charge in [-0.15, -0.1) is 0 Å². The molecule has 23 heavy (non-hydrogen) atoms. The van der Waals surface area contributed by atoms with Crippen LogP contribution in [0, 0.1) is 11.3 Å². The Kier molecular flexibility index (Phi) is 4.31. The molecule has 0 bridgehead atoms.